The van der Waals surface area contributed by atoms with Gasteiger partial charge in [-0.1, -0.05) is 6.07 Å². The van der Waals surface area contributed by atoms with Gasteiger partial charge >= 0.3 is 24.3 Å². The highest BCUT2D eigenvalue weighted by Gasteiger charge is 2.52. The number of sulfonamides is 1. The van der Waals surface area contributed by atoms with Crippen LogP contribution < -0.4 is 4.72 Å². The van der Waals surface area contributed by atoms with Crippen molar-refractivity contribution >= 4 is 22.0 Å². The Labute approximate surface area is 220 Å². The monoisotopic (exact) mass is 593 g/mol. The Bertz CT molecular complexity index is 1080. The van der Waals surface area contributed by atoms with E-state index < -0.39 is 34.3 Å². The number of carboxylic acid groups (broad SMARTS) is 2. The van der Waals surface area contributed by atoms with E-state index in [0.717, 1.165) is 63.3 Å². The van der Waals surface area contributed by atoms with Crippen molar-refractivity contribution in [1.29, 1.82) is 0 Å². The first-order chi connectivity index (χ1) is 17.9. The Morgan fingerprint density at radius 1 is 1.08 bits per heavy atom. The number of hydrogen-bond donors (Lipinski definition) is 3. The summed E-state index contributed by atoms with van der Waals surface area (Å²) < 4.78 is 96.2. The molecule has 10 nitrogen and oxygen atoms in total. The van der Waals surface area contributed by atoms with E-state index in [1.54, 1.807) is 0 Å². The normalized spacial score (nSPS) is 20.7. The van der Waals surface area contributed by atoms with Crippen molar-refractivity contribution in [2.24, 2.45) is 5.92 Å². The number of pyridine rings is 1. The molecule has 4 rings (SSSR count). The number of alkyl halides is 6. The largest absolute Gasteiger partial charge is 0.490 e. The van der Waals surface area contributed by atoms with Gasteiger partial charge in [0.05, 0.1) is 16.5 Å². The minimum absolute atomic E-state index is 0.0746. The minimum Gasteiger partial charge on any atom is -0.475 e. The summed E-state index contributed by atoms with van der Waals surface area (Å²) >= 11 is 0. The Balaban J connectivity index is 0.000000317. The van der Waals surface area contributed by atoms with Crippen LogP contribution in [0.1, 0.15) is 37.1 Å². The van der Waals surface area contributed by atoms with E-state index in [9.17, 15) is 34.8 Å². The fourth-order valence-corrected chi connectivity index (χ4v) is 5.55. The number of likely N-dealkylation sites (tertiary alicyclic amines) is 1. The molecule has 0 amide bonds. The second kappa shape index (κ2) is 12.8. The number of hydrogen-bond acceptors (Lipinski definition) is 7. The lowest BCUT2D eigenvalue weighted by Crippen LogP contribution is -2.64. The Morgan fingerprint density at radius 2 is 1.62 bits per heavy atom. The van der Waals surface area contributed by atoms with Crippen LogP contribution in [0.4, 0.5) is 26.3 Å². The third-order valence-corrected chi connectivity index (χ3v) is 8.11. The van der Waals surface area contributed by atoms with Crippen LogP contribution in [0.2, 0.25) is 0 Å². The first-order valence-electron chi connectivity index (χ1n) is 11.7. The fraction of sp³-hybridized carbons (Fsp3) is 0.682. The topological polar surface area (TPSA) is 146 Å². The van der Waals surface area contributed by atoms with Crippen LogP contribution in [-0.2, 0) is 30.9 Å². The zero-order valence-electron chi connectivity index (χ0n) is 20.8. The first kappa shape index (κ1) is 32.7. The number of aromatic nitrogens is 1. The van der Waals surface area contributed by atoms with Gasteiger partial charge in [0.1, 0.15) is 0 Å². The van der Waals surface area contributed by atoms with Gasteiger partial charge in [0.2, 0.25) is 10.0 Å². The van der Waals surface area contributed by atoms with Gasteiger partial charge in [-0.3, -0.25) is 9.88 Å². The van der Waals surface area contributed by atoms with Gasteiger partial charge < -0.3 is 14.9 Å². The molecule has 0 bridgehead atoms. The number of aliphatic carboxylic acids is 2. The number of nitrogens with one attached hydrogen (secondary N) is 1. The predicted octanol–water partition coefficient (Wildman–Crippen LogP) is 2.72. The van der Waals surface area contributed by atoms with Crippen LogP contribution in [0.15, 0.2) is 18.2 Å². The van der Waals surface area contributed by atoms with Crippen LogP contribution in [0.25, 0.3) is 0 Å². The number of aryl methyl sites for hydroxylation is 1. The van der Waals surface area contributed by atoms with Crippen molar-refractivity contribution < 1.29 is 59.3 Å². The van der Waals surface area contributed by atoms with Crippen LogP contribution in [0.5, 0.6) is 0 Å². The lowest BCUT2D eigenvalue weighted by atomic mass is 9.79. The molecule has 1 spiro atoms. The van der Waals surface area contributed by atoms with Crippen LogP contribution in [-0.4, -0.2) is 89.9 Å². The van der Waals surface area contributed by atoms with Gasteiger partial charge in [-0.2, -0.15) is 26.3 Å². The van der Waals surface area contributed by atoms with E-state index in [2.05, 4.69) is 20.7 Å². The SMILES string of the molecule is Cc1cccc(CN2CC3(C2)OCCC3CCNS(=O)(=O)C2CC2)n1.O=C(O)C(F)(F)F.O=C(O)C(F)(F)F. The van der Waals surface area contributed by atoms with Gasteiger partial charge in [-0.25, -0.2) is 22.7 Å². The quantitative estimate of drug-likeness (QED) is 0.406. The standard InChI is InChI=1S/C18H27N3O3S.2C2HF3O2/c1-14-3-2-4-16(20-14)11-21-12-18(13-21)15(8-10-24-18)7-9-19-25(22,23)17-5-6-17;2*3-2(4,5)1(6)7/h2-4,15,17,19H,5-13H2,1H3;2*(H,6,7). The van der Waals surface area contributed by atoms with Gasteiger partial charge in [-0.15, -0.1) is 0 Å². The Kier molecular flexibility index (Phi) is 10.7. The molecule has 3 aliphatic rings. The average Bonchev–Trinajstić information content (AvgIpc) is 3.55. The Morgan fingerprint density at radius 3 is 2.08 bits per heavy atom. The molecular weight excluding hydrogens is 564 g/mol. The highest BCUT2D eigenvalue weighted by Crippen LogP contribution is 2.42. The molecule has 1 saturated carbocycles. The highest BCUT2D eigenvalue weighted by atomic mass is 32.2. The number of nitrogens with zero attached hydrogens (tertiary/aromatic N) is 2. The van der Waals surface area contributed by atoms with E-state index in [1.165, 1.54) is 0 Å². The first-order valence-corrected chi connectivity index (χ1v) is 13.3. The second-order valence-corrected chi connectivity index (χ2v) is 11.4. The fourth-order valence-electron chi connectivity index (χ4n) is 4.15. The van der Waals surface area contributed by atoms with Crippen molar-refractivity contribution in [3.8, 4) is 0 Å². The van der Waals surface area contributed by atoms with Crippen molar-refractivity contribution in [3.63, 3.8) is 0 Å². The smallest absolute Gasteiger partial charge is 0.475 e. The molecule has 39 heavy (non-hydrogen) atoms. The van der Waals surface area contributed by atoms with E-state index >= 15 is 0 Å². The van der Waals surface area contributed by atoms with E-state index in [0.29, 0.717) is 12.5 Å². The molecule has 1 aliphatic carbocycles. The van der Waals surface area contributed by atoms with Crippen LogP contribution in [0.3, 0.4) is 0 Å². The van der Waals surface area contributed by atoms with Gasteiger partial charge in [0, 0.05) is 38.5 Å². The third kappa shape index (κ3) is 10.2. The summed E-state index contributed by atoms with van der Waals surface area (Å²) in [7, 11) is -3.07. The molecule has 0 aromatic carbocycles. The predicted molar refractivity (Wildman–Crippen MR) is 123 cm³/mol. The molecule has 1 atom stereocenters. The molecule has 1 aromatic heterocycles. The maximum atomic E-state index is 11.9. The van der Waals surface area contributed by atoms with Crippen LogP contribution >= 0.6 is 0 Å². The lowest BCUT2D eigenvalue weighted by molar-refractivity contribution is -0.193. The van der Waals surface area contributed by atoms with Gasteiger partial charge in [-0.05, 0) is 50.7 Å². The number of carboxylic acids is 2. The molecular formula is C22H29F6N3O7S. The molecule has 2 saturated heterocycles. The van der Waals surface area contributed by atoms with Crippen molar-refractivity contribution in [2.75, 3.05) is 26.2 Å². The molecule has 1 aromatic rings. The van der Waals surface area contributed by atoms with Crippen molar-refractivity contribution in [2.45, 2.75) is 62.4 Å². The number of ether oxygens (including phenoxy) is 1. The Hall–Kier alpha value is -2.50. The number of carbonyl (C=O) groups is 2. The highest BCUT2D eigenvalue weighted by molar-refractivity contribution is 7.90. The van der Waals surface area contributed by atoms with E-state index in [4.69, 9.17) is 24.5 Å². The van der Waals surface area contributed by atoms with E-state index in [1.807, 2.05) is 19.1 Å². The second-order valence-electron chi connectivity index (χ2n) is 9.35. The molecule has 3 fully saturated rings. The molecule has 17 heteroatoms. The summed E-state index contributed by atoms with van der Waals surface area (Å²) in [5.74, 6) is -5.07. The van der Waals surface area contributed by atoms with Crippen molar-refractivity contribution in [3.05, 3.63) is 29.6 Å². The van der Waals surface area contributed by atoms with E-state index in [-0.39, 0.29) is 10.9 Å². The zero-order valence-corrected chi connectivity index (χ0v) is 21.6. The maximum Gasteiger partial charge on any atom is 0.490 e. The molecule has 0 radical (unpaired) electrons. The summed E-state index contributed by atoms with van der Waals surface area (Å²) in [6.07, 6.45) is -6.65. The lowest BCUT2D eigenvalue weighted by Gasteiger charge is -2.50. The molecule has 2 aliphatic heterocycles. The third-order valence-electron chi connectivity index (χ3n) is 6.16. The summed E-state index contributed by atoms with van der Waals surface area (Å²) in [6.45, 7) is 6.03. The average molecular weight is 594 g/mol. The summed E-state index contributed by atoms with van der Waals surface area (Å²) in [5.41, 5.74) is 2.07. The zero-order chi connectivity index (χ0) is 29.6. The minimum atomic E-state index is -5.08. The maximum absolute atomic E-state index is 11.9. The summed E-state index contributed by atoms with van der Waals surface area (Å²) in [5, 5.41) is 14.1. The van der Waals surface area contributed by atoms with Crippen molar-refractivity contribution in [1.82, 2.24) is 14.6 Å². The van der Waals surface area contributed by atoms with Crippen LogP contribution in [0, 0.1) is 12.8 Å². The van der Waals surface area contributed by atoms with Gasteiger partial charge in [0.25, 0.3) is 0 Å². The number of rotatable bonds is 7. The van der Waals surface area contributed by atoms with Gasteiger partial charge in [0.15, 0.2) is 0 Å². The summed E-state index contributed by atoms with van der Waals surface area (Å²) in [6, 6.07) is 6.13. The summed E-state index contributed by atoms with van der Waals surface area (Å²) in [4.78, 5) is 24.7. The molecule has 222 valence electrons. The molecule has 1 unspecified atom stereocenters. The number of halogens is 6. The molecule has 3 N–H and O–H groups in total. The molecule has 3 heterocycles.